The van der Waals surface area contributed by atoms with E-state index in [1.54, 1.807) is 22.9 Å². The smallest absolute Gasteiger partial charge is 0.253 e. The first kappa shape index (κ1) is 24.6. The van der Waals surface area contributed by atoms with Gasteiger partial charge in [-0.05, 0) is 69.1 Å². The Bertz CT molecular complexity index is 1140. The molecule has 0 atom stereocenters. The number of hydrogen-bond donors (Lipinski definition) is 1. The largest absolute Gasteiger partial charge is 0.339 e. The molecule has 0 saturated carbocycles. The average molecular weight is 478 g/mol. The molecule has 1 aliphatic heterocycles. The third-order valence-electron chi connectivity index (χ3n) is 6.32. The summed E-state index contributed by atoms with van der Waals surface area (Å²) in [7, 11) is 0. The summed E-state index contributed by atoms with van der Waals surface area (Å²) in [4.78, 5) is 29.9. The summed E-state index contributed by atoms with van der Waals surface area (Å²) in [6.07, 6.45) is 2.60. The van der Waals surface area contributed by atoms with Gasteiger partial charge in [0.1, 0.15) is 11.6 Å². The molecule has 1 saturated heterocycles. The lowest BCUT2D eigenvalue weighted by Crippen LogP contribution is -2.49. The molecule has 2 aromatic carbocycles. The van der Waals surface area contributed by atoms with Crippen molar-refractivity contribution in [1.29, 1.82) is 0 Å². The fourth-order valence-electron chi connectivity index (χ4n) is 4.61. The van der Waals surface area contributed by atoms with E-state index in [4.69, 9.17) is 0 Å². The van der Waals surface area contributed by atoms with Gasteiger partial charge >= 0.3 is 0 Å². The van der Waals surface area contributed by atoms with Crippen molar-refractivity contribution in [3.05, 3.63) is 77.7 Å². The number of aromatic nitrogens is 2. The van der Waals surface area contributed by atoms with E-state index in [1.165, 1.54) is 12.1 Å². The van der Waals surface area contributed by atoms with Gasteiger partial charge < -0.3 is 10.2 Å². The van der Waals surface area contributed by atoms with Crippen molar-refractivity contribution < 1.29 is 14.0 Å². The highest BCUT2D eigenvalue weighted by Gasteiger charge is 2.28. The molecule has 7 nitrogen and oxygen atoms in total. The van der Waals surface area contributed by atoms with Gasteiger partial charge in [0.05, 0.1) is 17.9 Å². The summed E-state index contributed by atoms with van der Waals surface area (Å²) in [6.45, 7) is 6.38. The van der Waals surface area contributed by atoms with Gasteiger partial charge in [-0.15, -0.1) is 0 Å². The number of anilines is 1. The van der Waals surface area contributed by atoms with Gasteiger partial charge in [-0.25, -0.2) is 9.07 Å². The Morgan fingerprint density at radius 2 is 1.77 bits per heavy atom. The molecule has 2 heterocycles. The van der Waals surface area contributed by atoms with Crippen molar-refractivity contribution in [2.24, 2.45) is 0 Å². The second-order valence-electron chi connectivity index (χ2n) is 8.97. The van der Waals surface area contributed by atoms with E-state index in [1.807, 2.05) is 42.2 Å². The number of halogens is 1. The molecule has 0 spiro atoms. The van der Waals surface area contributed by atoms with Crippen LogP contribution in [0.25, 0.3) is 5.69 Å². The Morgan fingerprint density at radius 3 is 2.43 bits per heavy atom. The molecule has 8 heteroatoms. The Labute approximate surface area is 205 Å². The quantitative estimate of drug-likeness (QED) is 0.526. The molecule has 0 bridgehead atoms. The van der Waals surface area contributed by atoms with Crippen LogP contribution >= 0.6 is 0 Å². The van der Waals surface area contributed by atoms with Crippen LogP contribution in [0, 0.1) is 12.7 Å². The Hall–Kier alpha value is -3.52. The van der Waals surface area contributed by atoms with Crippen molar-refractivity contribution >= 4 is 17.6 Å². The predicted molar refractivity (Wildman–Crippen MR) is 134 cm³/mol. The Kier molecular flexibility index (Phi) is 7.92. The Balaban J connectivity index is 1.37. The first-order valence-corrected chi connectivity index (χ1v) is 12.2. The van der Waals surface area contributed by atoms with E-state index in [-0.39, 0.29) is 30.2 Å². The summed E-state index contributed by atoms with van der Waals surface area (Å²) < 4.78 is 15.0. The van der Waals surface area contributed by atoms with Crippen LogP contribution in [0.3, 0.4) is 0 Å². The average Bonchev–Trinajstić information content (AvgIpc) is 3.24. The number of nitrogens with one attached hydrogen (secondary N) is 1. The van der Waals surface area contributed by atoms with E-state index in [0.717, 1.165) is 31.5 Å². The van der Waals surface area contributed by atoms with Crippen LogP contribution in [-0.2, 0) is 4.79 Å². The fourth-order valence-corrected chi connectivity index (χ4v) is 4.61. The number of aryl methyl sites for hydroxylation is 1. The molecule has 2 amide bonds. The predicted octanol–water partition coefficient (Wildman–Crippen LogP) is 4.28. The summed E-state index contributed by atoms with van der Waals surface area (Å²) in [5.74, 6) is 0.173. The van der Waals surface area contributed by atoms with E-state index in [0.29, 0.717) is 30.2 Å². The number of likely N-dealkylation sites (tertiary alicyclic amines) is 1. The van der Waals surface area contributed by atoms with Crippen LogP contribution in [0.1, 0.15) is 42.2 Å². The minimum atomic E-state index is -0.324. The van der Waals surface area contributed by atoms with Crippen LogP contribution in [0.5, 0.6) is 0 Å². The minimum absolute atomic E-state index is 0.0632. The third-order valence-corrected chi connectivity index (χ3v) is 6.32. The van der Waals surface area contributed by atoms with Crippen molar-refractivity contribution in [1.82, 2.24) is 19.6 Å². The van der Waals surface area contributed by atoms with E-state index in [2.05, 4.69) is 22.2 Å². The molecule has 1 fully saturated rings. The molecular formula is C27H32FN5O2. The molecule has 1 aromatic heterocycles. The number of amides is 2. The van der Waals surface area contributed by atoms with Gasteiger partial charge in [-0.3, -0.25) is 14.5 Å². The zero-order valence-corrected chi connectivity index (χ0v) is 20.3. The van der Waals surface area contributed by atoms with Crippen LogP contribution in [-0.4, -0.2) is 63.6 Å². The number of benzene rings is 2. The molecule has 0 unspecified atom stereocenters. The number of nitrogens with zero attached hydrogens (tertiary/aromatic N) is 4. The summed E-state index contributed by atoms with van der Waals surface area (Å²) in [5.41, 5.74) is 2.14. The minimum Gasteiger partial charge on any atom is -0.339 e. The van der Waals surface area contributed by atoms with Gasteiger partial charge in [-0.1, -0.05) is 25.1 Å². The Morgan fingerprint density at radius 1 is 1.09 bits per heavy atom. The van der Waals surface area contributed by atoms with Gasteiger partial charge in [-0.2, -0.15) is 5.10 Å². The molecule has 1 N–H and O–H groups in total. The monoisotopic (exact) mass is 477 g/mol. The van der Waals surface area contributed by atoms with Crippen molar-refractivity contribution in [3.63, 3.8) is 0 Å². The van der Waals surface area contributed by atoms with Gasteiger partial charge in [0.25, 0.3) is 5.91 Å². The lowest BCUT2D eigenvalue weighted by atomic mass is 10.0. The molecule has 35 heavy (non-hydrogen) atoms. The van der Waals surface area contributed by atoms with Gasteiger partial charge in [0.15, 0.2) is 0 Å². The SMILES string of the molecule is CCCN(CC(=O)Nc1cc(C)nn1-c1ccc(F)cc1)C1CCN(C(=O)c2ccccc2)CC1. The van der Waals surface area contributed by atoms with Crippen LogP contribution in [0.15, 0.2) is 60.7 Å². The van der Waals surface area contributed by atoms with E-state index in [9.17, 15) is 14.0 Å². The van der Waals surface area contributed by atoms with Gasteiger partial charge in [0.2, 0.25) is 5.91 Å². The zero-order valence-electron chi connectivity index (χ0n) is 20.3. The molecule has 184 valence electrons. The first-order chi connectivity index (χ1) is 16.9. The van der Waals surface area contributed by atoms with Crippen LogP contribution < -0.4 is 5.32 Å². The lowest BCUT2D eigenvalue weighted by Gasteiger charge is -2.38. The maximum Gasteiger partial charge on any atom is 0.253 e. The highest BCUT2D eigenvalue weighted by Crippen LogP contribution is 2.21. The highest BCUT2D eigenvalue weighted by molar-refractivity contribution is 5.94. The third kappa shape index (κ3) is 6.14. The van der Waals surface area contributed by atoms with E-state index >= 15 is 0 Å². The summed E-state index contributed by atoms with van der Waals surface area (Å²) >= 11 is 0. The molecule has 0 aliphatic carbocycles. The molecule has 3 aromatic rings. The number of rotatable bonds is 8. The second-order valence-corrected chi connectivity index (χ2v) is 8.97. The molecule has 4 rings (SSSR count). The number of hydrogen-bond acceptors (Lipinski definition) is 4. The zero-order chi connectivity index (χ0) is 24.8. The molecule has 0 radical (unpaired) electrons. The number of carbonyl (C=O) groups excluding carboxylic acids is 2. The van der Waals surface area contributed by atoms with Crippen molar-refractivity contribution in [3.8, 4) is 5.69 Å². The normalized spacial score (nSPS) is 14.3. The molecular weight excluding hydrogens is 445 g/mol. The topological polar surface area (TPSA) is 70.5 Å². The van der Waals surface area contributed by atoms with Crippen molar-refractivity contribution in [2.45, 2.75) is 39.2 Å². The number of piperidine rings is 1. The summed E-state index contributed by atoms with van der Waals surface area (Å²) in [6, 6.07) is 17.4. The van der Waals surface area contributed by atoms with Crippen LogP contribution in [0.4, 0.5) is 10.2 Å². The lowest BCUT2D eigenvalue weighted by molar-refractivity contribution is -0.118. The van der Waals surface area contributed by atoms with Gasteiger partial charge in [0, 0.05) is 30.8 Å². The number of carbonyl (C=O) groups is 2. The second kappa shape index (κ2) is 11.3. The maximum absolute atomic E-state index is 13.3. The van der Waals surface area contributed by atoms with E-state index < -0.39 is 0 Å². The molecule has 1 aliphatic rings. The fraction of sp³-hybridized carbons (Fsp3) is 0.370. The first-order valence-electron chi connectivity index (χ1n) is 12.2. The van der Waals surface area contributed by atoms with Crippen molar-refractivity contribution in [2.75, 3.05) is 31.5 Å². The van der Waals surface area contributed by atoms with Crippen LogP contribution in [0.2, 0.25) is 0 Å². The summed E-state index contributed by atoms with van der Waals surface area (Å²) in [5, 5.41) is 7.43. The highest BCUT2D eigenvalue weighted by atomic mass is 19.1. The maximum atomic E-state index is 13.3. The standard InChI is InChI=1S/C27H32FN5O2/c1-3-15-32(23-13-16-31(17-14-23)27(35)21-7-5-4-6-8-21)19-26(34)29-25-18-20(2)30-33(25)24-11-9-22(28)10-12-24/h4-12,18,23H,3,13-17,19H2,1-2H3,(H,29,34).